The summed E-state index contributed by atoms with van der Waals surface area (Å²) in [5.74, 6) is 0.389. The van der Waals surface area contributed by atoms with Crippen molar-refractivity contribution in [1.82, 2.24) is 9.97 Å². The summed E-state index contributed by atoms with van der Waals surface area (Å²) in [4.78, 5) is 32.7. The van der Waals surface area contributed by atoms with E-state index in [1.165, 1.54) is 17.5 Å². The lowest BCUT2D eigenvalue weighted by Gasteiger charge is -2.19. The average molecular weight is 287 g/mol. The van der Waals surface area contributed by atoms with E-state index < -0.39 is 0 Å². The molecule has 5 nitrogen and oxygen atoms in total. The third kappa shape index (κ3) is 2.46. The Hall–Kier alpha value is -2.08. The molecule has 0 aromatic carbocycles. The van der Waals surface area contributed by atoms with Crippen LogP contribution in [0, 0.1) is 5.92 Å². The third-order valence-electron chi connectivity index (χ3n) is 3.21. The van der Waals surface area contributed by atoms with Crippen molar-refractivity contribution >= 4 is 29.0 Å². The van der Waals surface area contributed by atoms with Gasteiger partial charge in [0.2, 0.25) is 5.95 Å². The molecule has 0 saturated heterocycles. The van der Waals surface area contributed by atoms with E-state index in [1.54, 1.807) is 6.07 Å². The van der Waals surface area contributed by atoms with E-state index in [0.717, 1.165) is 12.1 Å². The number of anilines is 1. The van der Waals surface area contributed by atoms with Gasteiger partial charge in [0, 0.05) is 12.6 Å². The molecule has 6 heteroatoms. The van der Waals surface area contributed by atoms with Crippen LogP contribution < -0.4 is 5.32 Å². The molecule has 1 atom stereocenters. The van der Waals surface area contributed by atoms with Crippen molar-refractivity contribution in [2.24, 2.45) is 5.92 Å². The molecule has 0 spiro atoms. The molecule has 3 rings (SSSR count). The summed E-state index contributed by atoms with van der Waals surface area (Å²) in [7, 11) is 0. The van der Waals surface area contributed by atoms with Gasteiger partial charge in [-0.1, -0.05) is 13.0 Å². The maximum Gasteiger partial charge on any atom is 0.268 e. The van der Waals surface area contributed by atoms with Crippen LogP contribution in [0.1, 0.15) is 39.1 Å². The van der Waals surface area contributed by atoms with Gasteiger partial charge in [-0.25, -0.2) is 9.97 Å². The van der Waals surface area contributed by atoms with E-state index in [9.17, 15) is 9.59 Å². The predicted octanol–water partition coefficient (Wildman–Crippen LogP) is 2.56. The zero-order chi connectivity index (χ0) is 14.1. The lowest BCUT2D eigenvalue weighted by molar-refractivity contribution is 0.0951. The van der Waals surface area contributed by atoms with Crippen LogP contribution in [0.2, 0.25) is 0 Å². The van der Waals surface area contributed by atoms with Crippen LogP contribution >= 0.6 is 11.3 Å². The van der Waals surface area contributed by atoms with Gasteiger partial charge in [0.25, 0.3) is 5.91 Å². The number of ketones is 1. The van der Waals surface area contributed by atoms with E-state index in [-0.39, 0.29) is 23.6 Å². The van der Waals surface area contributed by atoms with Crippen molar-refractivity contribution < 1.29 is 9.59 Å². The minimum Gasteiger partial charge on any atom is -0.294 e. The fraction of sp³-hybridized carbons (Fsp3) is 0.286. The molecular weight excluding hydrogens is 274 g/mol. The van der Waals surface area contributed by atoms with Gasteiger partial charge in [0.1, 0.15) is 0 Å². The SMILES string of the molecule is C[C@H]1CC(=O)c2cnc(NC(=O)c3cccs3)nc2C1. The Balaban J connectivity index is 1.84. The van der Waals surface area contributed by atoms with Crippen molar-refractivity contribution in [3.8, 4) is 0 Å². The zero-order valence-electron chi connectivity index (χ0n) is 10.9. The molecule has 20 heavy (non-hydrogen) atoms. The largest absolute Gasteiger partial charge is 0.294 e. The van der Waals surface area contributed by atoms with Crippen LogP contribution in [0.25, 0.3) is 0 Å². The fourth-order valence-electron chi connectivity index (χ4n) is 2.27. The fourth-order valence-corrected chi connectivity index (χ4v) is 2.88. The summed E-state index contributed by atoms with van der Waals surface area (Å²) < 4.78 is 0. The van der Waals surface area contributed by atoms with E-state index in [1.807, 2.05) is 18.4 Å². The number of fused-ring (bicyclic) bond motifs is 1. The molecule has 2 heterocycles. The molecule has 1 N–H and O–H groups in total. The quantitative estimate of drug-likeness (QED) is 0.921. The number of aromatic nitrogens is 2. The summed E-state index contributed by atoms with van der Waals surface area (Å²) in [6.45, 7) is 2.02. The molecule has 2 aromatic heterocycles. The first-order valence-electron chi connectivity index (χ1n) is 6.37. The monoisotopic (exact) mass is 287 g/mol. The summed E-state index contributed by atoms with van der Waals surface area (Å²) in [6.07, 6.45) is 2.79. The van der Waals surface area contributed by atoms with Crippen LogP contribution in [0.15, 0.2) is 23.7 Å². The van der Waals surface area contributed by atoms with Gasteiger partial charge in [-0.2, -0.15) is 0 Å². The first-order chi connectivity index (χ1) is 9.63. The van der Waals surface area contributed by atoms with Crippen molar-refractivity contribution in [3.05, 3.63) is 39.8 Å². The van der Waals surface area contributed by atoms with Gasteiger partial charge >= 0.3 is 0 Å². The number of amides is 1. The summed E-state index contributed by atoms with van der Waals surface area (Å²) in [5.41, 5.74) is 1.31. The first-order valence-corrected chi connectivity index (χ1v) is 7.25. The van der Waals surface area contributed by atoms with Crippen LogP contribution in [-0.4, -0.2) is 21.7 Å². The van der Waals surface area contributed by atoms with Crippen LogP contribution in [-0.2, 0) is 6.42 Å². The van der Waals surface area contributed by atoms with Gasteiger partial charge in [0.15, 0.2) is 5.78 Å². The molecule has 0 aliphatic heterocycles. The molecule has 2 aromatic rings. The number of nitrogens with one attached hydrogen (secondary N) is 1. The van der Waals surface area contributed by atoms with Gasteiger partial charge in [0.05, 0.1) is 16.1 Å². The highest BCUT2D eigenvalue weighted by atomic mass is 32.1. The van der Waals surface area contributed by atoms with E-state index in [2.05, 4.69) is 15.3 Å². The highest BCUT2D eigenvalue weighted by Crippen LogP contribution is 2.24. The molecule has 0 fully saturated rings. The second-order valence-corrected chi connectivity index (χ2v) is 5.87. The summed E-state index contributed by atoms with van der Waals surface area (Å²) in [6, 6.07) is 3.55. The maximum absolute atomic E-state index is 11.9. The second kappa shape index (κ2) is 5.13. The second-order valence-electron chi connectivity index (χ2n) is 4.92. The molecule has 1 amide bonds. The lowest BCUT2D eigenvalue weighted by Crippen LogP contribution is -2.21. The average Bonchev–Trinajstić information content (AvgIpc) is 2.91. The molecule has 1 aliphatic carbocycles. The molecule has 0 unspecified atom stereocenters. The normalized spacial score (nSPS) is 17.6. The number of thiophene rings is 1. The number of carbonyl (C=O) groups excluding carboxylic acids is 2. The topological polar surface area (TPSA) is 72.0 Å². The third-order valence-corrected chi connectivity index (χ3v) is 4.08. The summed E-state index contributed by atoms with van der Waals surface area (Å²) >= 11 is 1.36. The Morgan fingerprint density at radius 2 is 2.30 bits per heavy atom. The Morgan fingerprint density at radius 1 is 1.45 bits per heavy atom. The molecular formula is C14H13N3O2S. The molecule has 0 saturated carbocycles. The van der Waals surface area contributed by atoms with Gasteiger partial charge < -0.3 is 0 Å². The van der Waals surface area contributed by atoms with Crippen molar-refractivity contribution in [1.29, 1.82) is 0 Å². The van der Waals surface area contributed by atoms with Crippen LogP contribution in [0.4, 0.5) is 5.95 Å². The Bertz CT molecular complexity index is 667. The van der Waals surface area contributed by atoms with Gasteiger partial charge in [-0.15, -0.1) is 11.3 Å². The minimum atomic E-state index is -0.227. The van der Waals surface area contributed by atoms with Crippen molar-refractivity contribution in [2.75, 3.05) is 5.32 Å². The van der Waals surface area contributed by atoms with Crippen LogP contribution in [0.3, 0.4) is 0 Å². The molecule has 1 aliphatic rings. The number of carbonyl (C=O) groups is 2. The van der Waals surface area contributed by atoms with E-state index >= 15 is 0 Å². The molecule has 102 valence electrons. The van der Waals surface area contributed by atoms with Crippen LogP contribution in [0.5, 0.6) is 0 Å². The first kappa shape index (κ1) is 12.9. The van der Waals surface area contributed by atoms with Crippen molar-refractivity contribution in [3.63, 3.8) is 0 Å². The lowest BCUT2D eigenvalue weighted by atomic mass is 9.88. The van der Waals surface area contributed by atoms with Gasteiger partial charge in [-0.3, -0.25) is 14.9 Å². The number of rotatable bonds is 2. The highest BCUT2D eigenvalue weighted by molar-refractivity contribution is 7.12. The standard InChI is InChI=1S/C14H13N3O2S/c1-8-5-10-9(11(18)6-8)7-15-14(16-10)17-13(19)12-3-2-4-20-12/h2-4,7-8H,5-6H2,1H3,(H,15,16,17,19)/t8-/m1/s1. The van der Waals surface area contributed by atoms with E-state index in [4.69, 9.17) is 0 Å². The zero-order valence-corrected chi connectivity index (χ0v) is 11.7. The van der Waals surface area contributed by atoms with E-state index in [0.29, 0.717) is 16.9 Å². The summed E-state index contributed by atoms with van der Waals surface area (Å²) in [5, 5.41) is 4.50. The maximum atomic E-state index is 11.9. The minimum absolute atomic E-state index is 0.0786. The highest BCUT2D eigenvalue weighted by Gasteiger charge is 2.24. The van der Waals surface area contributed by atoms with Crippen molar-refractivity contribution in [2.45, 2.75) is 19.8 Å². The number of nitrogens with zero attached hydrogens (tertiary/aromatic N) is 2. The number of Topliss-reactive ketones (excluding diaryl/α,β-unsaturated/α-hetero) is 1. The smallest absolute Gasteiger partial charge is 0.268 e. The molecule has 0 bridgehead atoms. The Kier molecular flexibility index (Phi) is 3.31. The Morgan fingerprint density at radius 3 is 3.05 bits per heavy atom. The molecule has 0 radical (unpaired) electrons. The number of hydrogen-bond acceptors (Lipinski definition) is 5. The van der Waals surface area contributed by atoms with Gasteiger partial charge in [-0.05, 0) is 23.8 Å². The number of hydrogen-bond donors (Lipinski definition) is 1. The predicted molar refractivity (Wildman–Crippen MR) is 76.1 cm³/mol. The Labute approximate surface area is 120 Å².